The summed E-state index contributed by atoms with van der Waals surface area (Å²) in [5, 5.41) is 9.44. The van der Waals surface area contributed by atoms with Gasteiger partial charge in [0.1, 0.15) is 18.0 Å². The van der Waals surface area contributed by atoms with E-state index in [2.05, 4.69) is 0 Å². The van der Waals surface area contributed by atoms with Crippen molar-refractivity contribution in [2.75, 3.05) is 0 Å². The van der Waals surface area contributed by atoms with Gasteiger partial charge >= 0.3 is 5.97 Å². The molecule has 1 aliphatic heterocycles. The van der Waals surface area contributed by atoms with Crippen molar-refractivity contribution in [1.82, 2.24) is 0 Å². The van der Waals surface area contributed by atoms with Crippen molar-refractivity contribution in [2.24, 2.45) is 5.92 Å². The van der Waals surface area contributed by atoms with Gasteiger partial charge in [-0.25, -0.2) is 0 Å². The maximum absolute atomic E-state index is 10.9. The first kappa shape index (κ1) is 12.1. The molecule has 1 fully saturated rings. The normalized spacial score (nSPS) is 35.2. The monoisotopic (exact) mass is 216 g/mol. The molecule has 0 bridgehead atoms. The van der Waals surface area contributed by atoms with Crippen LogP contribution in [0.2, 0.25) is 0 Å². The first-order valence-corrected chi connectivity index (χ1v) is 4.92. The van der Waals surface area contributed by atoms with Crippen molar-refractivity contribution in [3.8, 4) is 0 Å². The van der Waals surface area contributed by atoms with Crippen LogP contribution in [0.5, 0.6) is 0 Å². The van der Waals surface area contributed by atoms with Crippen LogP contribution in [-0.2, 0) is 19.1 Å². The van der Waals surface area contributed by atoms with Crippen LogP contribution in [0, 0.1) is 5.92 Å². The first-order valence-electron chi connectivity index (χ1n) is 4.92. The fourth-order valence-electron chi connectivity index (χ4n) is 1.70. The number of aliphatic hydroxyl groups excluding tert-OH is 1. The molecule has 1 aliphatic rings. The Balaban J connectivity index is 2.68. The van der Waals surface area contributed by atoms with Crippen LogP contribution in [0.15, 0.2) is 0 Å². The number of rotatable bonds is 3. The Morgan fingerprint density at radius 1 is 1.40 bits per heavy atom. The number of hydrogen-bond donors (Lipinski definition) is 1. The van der Waals surface area contributed by atoms with E-state index < -0.39 is 24.5 Å². The average Bonchev–Trinajstić information content (AvgIpc) is 2.31. The number of carbonyl (C=O) groups excluding carboxylic acids is 2. The van der Waals surface area contributed by atoms with Gasteiger partial charge in [-0.2, -0.15) is 0 Å². The standard InChI is InChI=1S/C10H16O5/c1-5(11)4-8-9(14-7(3)12)6(2)10(13)15-8/h6,8-10,13H,4H2,1-3H3/t6-,8+,9-,10?/m0/s1. The van der Waals surface area contributed by atoms with E-state index in [1.165, 1.54) is 13.8 Å². The minimum absolute atomic E-state index is 0.0570. The molecule has 1 rings (SSSR count). The molecule has 0 saturated carbocycles. The van der Waals surface area contributed by atoms with Crippen molar-refractivity contribution in [3.63, 3.8) is 0 Å². The SMILES string of the molecule is CC(=O)C[C@H]1OC(O)[C@@H](C)[C@@H]1OC(C)=O. The maximum atomic E-state index is 10.9. The van der Waals surface area contributed by atoms with Crippen LogP contribution in [0.3, 0.4) is 0 Å². The van der Waals surface area contributed by atoms with Gasteiger partial charge in [-0.3, -0.25) is 9.59 Å². The molecule has 0 aliphatic carbocycles. The van der Waals surface area contributed by atoms with Gasteiger partial charge in [-0.1, -0.05) is 6.92 Å². The summed E-state index contributed by atoms with van der Waals surface area (Å²) in [5.41, 5.74) is 0. The second kappa shape index (κ2) is 4.72. The maximum Gasteiger partial charge on any atom is 0.303 e. The molecule has 1 heterocycles. The summed E-state index contributed by atoms with van der Waals surface area (Å²) < 4.78 is 10.2. The van der Waals surface area contributed by atoms with Crippen LogP contribution >= 0.6 is 0 Å². The number of esters is 1. The van der Waals surface area contributed by atoms with E-state index in [4.69, 9.17) is 9.47 Å². The number of ketones is 1. The number of aliphatic hydroxyl groups is 1. The lowest BCUT2D eigenvalue weighted by molar-refractivity contribution is -0.152. The van der Waals surface area contributed by atoms with Crippen molar-refractivity contribution in [1.29, 1.82) is 0 Å². The zero-order chi connectivity index (χ0) is 11.6. The molecule has 0 radical (unpaired) electrons. The summed E-state index contributed by atoms with van der Waals surface area (Å²) >= 11 is 0. The second-order valence-corrected chi connectivity index (χ2v) is 3.90. The highest BCUT2D eigenvalue weighted by molar-refractivity contribution is 5.76. The Labute approximate surface area is 88.4 Å². The van der Waals surface area contributed by atoms with Gasteiger partial charge in [0.15, 0.2) is 6.29 Å². The zero-order valence-corrected chi connectivity index (χ0v) is 9.10. The van der Waals surface area contributed by atoms with E-state index in [1.54, 1.807) is 6.92 Å². The number of hydrogen-bond acceptors (Lipinski definition) is 5. The van der Waals surface area contributed by atoms with E-state index in [9.17, 15) is 14.7 Å². The number of ether oxygens (including phenoxy) is 2. The smallest absolute Gasteiger partial charge is 0.303 e. The van der Waals surface area contributed by atoms with Crippen molar-refractivity contribution >= 4 is 11.8 Å². The quantitative estimate of drug-likeness (QED) is 0.684. The minimum Gasteiger partial charge on any atom is -0.459 e. The number of Topliss-reactive ketones (excluding diaryl/α,β-unsaturated/α-hetero) is 1. The van der Waals surface area contributed by atoms with Crippen LogP contribution in [0.4, 0.5) is 0 Å². The molecule has 0 aromatic carbocycles. The van der Waals surface area contributed by atoms with Gasteiger partial charge in [0.25, 0.3) is 0 Å². The van der Waals surface area contributed by atoms with Crippen LogP contribution < -0.4 is 0 Å². The summed E-state index contributed by atoms with van der Waals surface area (Å²) in [6.45, 7) is 4.45. The summed E-state index contributed by atoms with van der Waals surface area (Å²) in [7, 11) is 0. The highest BCUT2D eigenvalue weighted by Gasteiger charge is 2.43. The summed E-state index contributed by atoms with van der Waals surface area (Å²) in [5.74, 6) is -0.796. The third kappa shape index (κ3) is 3.00. The lowest BCUT2D eigenvalue weighted by Gasteiger charge is -2.19. The molecular weight excluding hydrogens is 200 g/mol. The highest BCUT2D eigenvalue weighted by Crippen LogP contribution is 2.29. The highest BCUT2D eigenvalue weighted by atomic mass is 16.6. The van der Waals surface area contributed by atoms with Crippen LogP contribution in [0.25, 0.3) is 0 Å². The van der Waals surface area contributed by atoms with Gasteiger partial charge < -0.3 is 14.6 Å². The van der Waals surface area contributed by atoms with E-state index in [0.29, 0.717) is 0 Å². The molecule has 0 amide bonds. The predicted molar refractivity (Wildman–Crippen MR) is 50.9 cm³/mol. The van der Waals surface area contributed by atoms with E-state index in [1.807, 2.05) is 0 Å². The molecular formula is C10H16O5. The fraction of sp³-hybridized carbons (Fsp3) is 0.800. The van der Waals surface area contributed by atoms with Gasteiger partial charge in [-0.15, -0.1) is 0 Å². The molecule has 5 nitrogen and oxygen atoms in total. The Morgan fingerprint density at radius 3 is 2.47 bits per heavy atom. The van der Waals surface area contributed by atoms with E-state index >= 15 is 0 Å². The minimum atomic E-state index is -0.973. The van der Waals surface area contributed by atoms with E-state index in [-0.39, 0.29) is 18.1 Å². The molecule has 1 unspecified atom stereocenters. The van der Waals surface area contributed by atoms with Gasteiger partial charge in [0.2, 0.25) is 0 Å². The zero-order valence-electron chi connectivity index (χ0n) is 9.10. The molecule has 15 heavy (non-hydrogen) atoms. The number of carbonyl (C=O) groups is 2. The largest absolute Gasteiger partial charge is 0.459 e. The first-order chi connectivity index (χ1) is 6.91. The molecule has 86 valence electrons. The summed E-state index contributed by atoms with van der Waals surface area (Å²) in [6, 6.07) is 0. The van der Waals surface area contributed by atoms with Crippen molar-refractivity contribution in [3.05, 3.63) is 0 Å². The van der Waals surface area contributed by atoms with Gasteiger partial charge in [0.05, 0.1) is 0 Å². The topological polar surface area (TPSA) is 72.8 Å². The second-order valence-electron chi connectivity index (χ2n) is 3.90. The third-order valence-electron chi connectivity index (χ3n) is 2.44. The summed E-state index contributed by atoms with van der Waals surface area (Å²) in [6.07, 6.45) is -1.89. The predicted octanol–water partition coefficient (Wildman–Crippen LogP) is 0.250. The molecule has 0 aromatic rings. The third-order valence-corrected chi connectivity index (χ3v) is 2.44. The molecule has 0 aromatic heterocycles. The molecule has 0 spiro atoms. The molecule has 5 heteroatoms. The Morgan fingerprint density at radius 2 is 2.00 bits per heavy atom. The van der Waals surface area contributed by atoms with Gasteiger partial charge in [0, 0.05) is 19.3 Å². The molecule has 1 N–H and O–H groups in total. The summed E-state index contributed by atoms with van der Waals surface area (Å²) in [4.78, 5) is 21.8. The van der Waals surface area contributed by atoms with Crippen LogP contribution in [-0.4, -0.2) is 35.4 Å². The molecule has 1 saturated heterocycles. The average molecular weight is 216 g/mol. The lowest BCUT2D eigenvalue weighted by atomic mass is 10.00. The Kier molecular flexibility index (Phi) is 3.82. The fourth-order valence-corrected chi connectivity index (χ4v) is 1.70. The van der Waals surface area contributed by atoms with Gasteiger partial charge in [-0.05, 0) is 6.92 Å². The van der Waals surface area contributed by atoms with Crippen molar-refractivity contribution < 1.29 is 24.2 Å². The molecule has 4 atom stereocenters. The Bertz CT molecular complexity index is 263. The lowest BCUT2D eigenvalue weighted by Crippen LogP contribution is -2.32. The van der Waals surface area contributed by atoms with Crippen molar-refractivity contribution in [2.45, 2.75) is 45.7 Å². The Hall–Kier alpha value is -0.940. The van der Waals surface area contributed by atoms with E-state index in [0.717, 1.165) is 0 Å². The van der Waals surface area contributed by atoms with Crippen LogP contribution in [0.1, 0.15) is 27.2 Å².